The number of thiophene rings is 1. The van der Waals surface area contributed by atoms with Gasteiger partial charge in [0, 0.05) is 53.6 Å². The number of hydrogen-bond donors (Lipinski definition) is 0. The van der Waals surface area contributed by atoms with Crippen molar-refractivity contribution in [1.82, 2.24) is 29.9 Å². The number of rotatable bonds is 7. The molecule has 7 aromatic carbocycles. The van der Waals surface area contributed by atoms with E-state index in [1.807, 2.05) is 97.1 Å². The minimum Gasteiger partial charge on any atom is -0.208 e. The Balaban J connectivity index is 1.05. The molecule has 0 aliphatic rings. The van der Waals surface area contributed by atoms with Crippen molar-refractivity contribution in [2.24, 2.45) is 0 Å². The Hall–Kier alpha value is -7.22. The number of benzene rings is 7. The fourth-order valence-corrected chi connectivity index (χ4v) is 7.91. The van der Waals surface area contributed by atoms with Gasteiger partial charge in [-0.15, -0.1) is 11.3 Å². The number of hydrogen-bond acceptors (Lipinski definition) is 7. The van der Waals surface area contributed by atoms with Crippen LogP contribution in [0.5, 0.6) is 0 Å². The fourth-order valence-electron chi connectivity index (χ4n) is 6.79. The molecule has 0 fully saturated rings. The topological polar surface area (TPSA) is 77.3 Å². The van der Waals surface area contributed by atoms with Crippen molar-refractivity contribution in [1.29, 1.82) is 0 Å². The maximum Gasteiger partial charge on any atom is 0.164 e. The lowest BCUT2D eigenvalue weighted by atomic mass is 10.0. The van der Waals surface area contributed by atoms with Gasteiger partial charge in [-0.3, -0.25) is 0 Å². The lowest BCUT2D eigenvalue weighted by Gasteiger charge is -2.09. The molecule has 7 heteroatoms. The molecule has 0 saturated carbocycles. The fraction of sp³-hybridized carbons (Fsp3) is 0. The first-order valence-electron chi connectivity index (χ1n) is 18.0. The highest BCUT2D eigenvalue weighted by molar-refractivity contribution is 7.25. The quantitative estimate of drug-likeness (QED) is 0.163. The molecule has 0 unspecified atom stereocenters. The molecule has 0 radical (unpaired) electrons. The molecule has 0 saturated heterocycles. The van der Waals surface area contributed by atoms with Gasteiger partial charge < -0.3 is 0 Å². The van der Waals surface area contributed by atoms with E-state index in [1.165, 1.54) is 10.3 Å². The minimum atomic E-state index is 0.626. The molecule has 0 N–H and O–H groups in total. The molecule has 0 aliphatic carbocycles. The van der Waals surface area contributed by atoms with Crippen molar-refractivity contribution in [3.8, 4) is 79.5 Å². The summed E-state index contributed by atoms with van der Waals surface area (Å²) in [4.78, 5) is 29.8. The summed E-state index contributed by atoms with van der Waals surface area (Å²) >= 11 is 1.75. The smallest absolute Gasteiger partial charge is 0.164 e. The van der Waals surface area contributed by atoms with Gasteiger partial charge in [0.1, 0.15) is 0 Å². The van der Waals surface area contributed by atoms with Crippen LogP contribution < -0.4 is 0 Å². The Labute approximate surface area is 321 Å². The summed E-state index contributed by atoms with van der Waals surface area (Å²) in [5.41, 5.74) is 7.93. The Morgan fingerprint density at radius 1 is 0.236 bits per heavy atom. The average molecular weight is 723 g/mol. The van der Waals surface area contributed by atoms with Gasteiger partial charge in [0.15, 0.2) is 34.9 Å². The van der Waals surface area contributed by atoms with Crippen LogP contribution in [-0.4, -0.2) is 29.9 Å². The molecular formula is C48H30N6S. The second-order valence-electron chi connectivity index (χ2n) is 13.2. The molecular weight excluding hydrogens is 693 g/mol. The molecule has 0 atom stereocenters. The molecule has 6 nitrogen and oxygen atoms in total. The zero-order chi connectivity index (χ0) is 36.6. The SMILES string of the molecule is c1ccc(-c2ccc(-c3nc(-c4ccccc4)nc(-c4ccc5sc6cc(-c7nc(-c8ccccc8)nc(-c8ccccc8)n7)ccc6c5c4)n3)cc2)cc1. The lowest BCUT2D eigenvalue weighted by Crippen LogP contribution is -2.00. The van der Waals surface area contributed by atoms with Crippen LogP contribution in [-0.2, 0) is 0 Å². The van der Waals surface area contributed by atoms with E-state index in [1.54, 1.807) is 11.3 Å². The molecule has 10 aromatic rings. The lowest BCUT2D eigenvalue weighted by molar-refractivity contribution is 1.07. The van der Waals surface area contributed by atoms with Crippen LogP contribution in [0.3, 0.4) is 0 Å². The summed E-state index contributed by atoms with van der Waals surface area (Å²) in [6.07, 6.45) is 0. The van der Waals surface area contributed by atoms with E-state index < -0.39 is 0 Å². The van der Waals surface area contributed by atoms with Crippen LogP contribution >= 0.6 is 11.3 Å². The molecule has 0 bridgehead atoms. The monoisotopic (exact) mass is 722 g/mol. The van der Waals surface area contributed by atoms with Crippen molar-refractivity contribution in [3.05, 3.63) is 182 Å². The van der Waals surface area contributed by atoms with Crippen molar-refractivity contribution in [3.63, 3.8) is 0 Å². The molecule has 0 spiro atoms. The highest BCUT2D eigenvalue weighted by Gasteiger charge is 2.17. The molecule has 55 heavy (non-hydrogen) atoms. The second kappa shape index (κ2) is 14.0. The maximum absolute atomic E-state index is 5.05. The number of nitrogens with zero attached hydrogens (tertiary/aromatic N) is 6. The van der Waals surface area contributed by atoms with Gasteiger partial charge in [-0.05, 0) is 35.4 Å². The van der Waals surface area contributed by atoms with Crippen molar-refractivity contribution in [2.45, 2.75) is 0 Å². The Morgan fingerprint density at radius 3 is 1.04 bits per heavy atom. The summed E-state index contributed by atoms with van der Waals surface area (Å²) in [7, 11) is 0. The molecule has 0 amide bonds. The van der Waals surface area contributed by atoms with E-state index in [-0.39, 0.29) is 0 Å². The normalized spacial score (nSPS) is 11.3. The average Bonchev–Trinajstić information content (AvgIpc) is 3.65. The summed E-state index contributed by atoms with van der Waals surface area (Å²) in [5, 5.41) is 2.30. The zero-order valence-corrected chi connectivity index (χ0v) is 30.2. The molecule has 258 valence electrons. The first-order chi connectivity index (χ1) is 27.2. The van der Waals surface area contributed by atoms with E-state index in [0.29, 0.717) is 34.9 Å². The Kier molecular flexibility index (Phi) is 8.24. The van der Waals surface area contributed by atoms with Crippen LogP contribution in [0.1, 0.15) is 0 Å². The van der Waals surface area contributed by atoms with Crippen LogP contribution in [0, 0.1) is 0 Å². The van der Waals surface area contributed by atoms with Gasteiger partial charge in [0.25, 0.3) is 0 Å². The highest BCUT2D eigenvalue weighted by Crippen LogP contribution is 2.38. The van der Waals surface area contributed by atoms with Crippen LogP contribution in [0.2, 0.25) is 0 Å². The third kappa shape index (κ3) is 6.43. The van der Waals surface area contributed by atoms with Crippen LogP contribution in [0.4, 0.5) is 0 Å². The van der Waals surface area contributed by atoms with Gasteiger partial charge in [0.05, 0.1) is 0 Å². The van der Waals surface area contributed by atoms with E-state index >= 15 is 0 Å². The summed E-state index contributed by atoms with van der Waals surface area (Å²) in [5.74, 6) is 3.81. The van der Waals surface area contributed by atoms with Crippen molar-refractivity contribution < 1.29 is 0 Å². The van der Waals surface area contributed by atoms with E-state index in [2.05, 4.69) is 84.9 Å². The van der Waals surface area contributed by atoms with E-state index in [4.69, 9.17) is 29.9 Å². The number of fused-ring (bicyclic) bond motifs is 3. The molecule has 3 heterocycles. The predicted molar refractivity (Wildman–Crippen MR) is 224 cm³/mol. The van der Waals surface area contributed by atoms with E-state index in [0.717, 1.165) is 54.4 Å². The number of aromatic nitrogens is 6. The maximum atomic E-state index is 5.05. The molecule has 10 rings (SSSR count). The summed E-state index contributed by atoms with van der Waals surface area (Å²) < 4.78 is 2.32. The second-order valence-corrected chi connectivity index (χ2v) is 14.3. The Bertz CT molecular complexity index is 2890. The summed E-state index contributed by atoms with van der Waals surface area (Å²) in [6.45, 7) is 0. The van der Waals surface area contributed by atoms with Gasteiger partial charge in [-0.25, -0.2) is 29.9 Å². The Morgan fingerprint density at radius 2 is 0.564 bits per heavy atom. The zero-order valence-electron chi connectivity index (χ0n) is 29.4. The van der Waals surface area contributed by atoms with Crippen molar-refractivity contribution in [2.75, 3.05) is 0 Å². The molecule has 3 aromatic heterocycles. The van der Waals surface area contributed by atoms with Crippen molar-refractivity contribution >= 4 is 31.5 Å². The largest absolute Gasteiger partial charge is 0.208 e. The van der Waals surface area contributed by atoms with Gasteiger partial charge >= 0.3 is 0 Å². The first kappa shape index (κ1) is 32.4. The van der Waals surface area contributed by atoms with Crippen LogP contribution in [0.15, 0.2) is 182 Å². The van der Waals surface area contributed by atoms with Gasteiger partial charge in [-0.1, -0.05) is 158 Å². The highest BCUT2D eigenvalue weighted by atomic mass is 32.1. The van der Waals surface area contributed by atoms with Gasteiger partial charge in [-0.2, -0.15) is 0 Å². The van der Waals surface area contributed by atoms with Crippen LogP contribution in [0.25, 0.3) is 99.6 Å². The third-order valence-electron chi connectivity index (χ3n) is 9.60. The summed E-state index contributed by atoms with van der Waals surface area (Å²) in [6, 6.07) is 61.9. The standard InChI is InChI=1S/C48H30N6S/c1-5-13-31(14-6-1)32-21-23-36(24-22-32)46-50-45(35-19-11-4-12-20-35)51-47(54-46)37-26-28-41-40(29-37)39-27-25-38(30-42(39)55-41)48-52-43(33-15-7-2-8-16-33)49-44(53-48)34-17-9-3-10-18-34/h1-30H. The minimum absolute atomic E-state index is 0.626. The molecule has 0 aliphatic heterocycles. The van der Waals surface area contributed by atoms with E-state index in [9.17, 15) is 0 Å². The predicted octanol–water partition coefficient (Wildman–Crippen LogP) is 12.1. The third-order valence-corrected chi connectivity index (χ3v) is 10.7. The first-order valence-corrected chi connectivity index (χ1v) is 18.8. The van der Waals surface area contributed by atoms with Gasteiger partial charge in [0.2, 0.25) is 0 Å².